The third-order valence-corrected chi connectivity index (χ3v) is 6.82. The van der Waals surface area contributed by atoms with Gasteiger partial charge in [-0.15, -0.1) is 0 Å². The minimum Gasteiger partial charge on any atom is -0.508 e. The van der Waals surface area contributed by atoms with Crippen LogP contribution in [0, 0.1) is 5.82 Å². The maximum absolute atomic E-state index is 13.4. The molecular formula is C26H19FN2O4S. The van der Waals surface area contributed by atoms with Crippen LogP contribution in [0.2, 0.25) is 0 Å². The molecule has 0 radical (unpaired) electrons. The lowest BCUT2D eigenvalue weighted by Gasteiger charge is -2.23. The number of aryl methyl sites for hydroxylation is 1. The number of ketones is 1. The minimum absolute atomic E-state index is 0.0539. The van der Waals surface area contributed by atoms with Crippen LogP contribution < -0.4 is 4.90 Å². The quantitative estimate of drug-likeness (QED) is 0.237. The van der Waals surface area contributed by atoms with Crippen molar-refractivity contribution in [1.82, 2.24) is 4.98 Å². The molecule has 2 heterocycles. The molecular weight excluding hydrogens is 455 g/mol. The molecule has 1 aliphatic heterocycles. The first-order valence-electron chi connectivity index (χ1n) is 10.6. The number of anilines is 1. The molecule has 2 N–H and O–H groups in total. The first kappa shape index (κ1) is 21.8. The summed E-state index contributed by atoms with van der Waals surface area (Å²) in [6, 6.07) is 15.9. The van der Waals surface area contributed by atoms with Gasteiger partial charge < -0.3 is 10.2 Å². The number of aromatic hydroxyl groups is 1. The molecule has 1 atom stereocenters. The van der Waals surface area contributed by atoms with Crippen molar-refractivity contribution in [2.24, 2.45) is 0 Å². The van der Waals surface area contributed by atoms with Crippen molar-refractivity contribution in [3.63, 3.8) is 0 Å². The van der Waals surface area contributed by atoms with Crippen LogP contribution in [0.25, 0.3) is 16.0 Å². The first-order valence-corrected chi connectivity index (χ1v) is 11.4. The Kier molecular flexibility index (Phi) is 5.37. The second-order valence-electron chi connectivity index (χ2n) is 7.92. The van der Waals surface area contributed by atoms with E-state index in [4.69, 9.17) is 0 Å². The fraction of sp³-hybridized carbons (Fsp3) is 0.115. The number of thiazole rings is 1. The molecule has 170 valence electrons. The van der Waals surface area contributed by atoms with Gasteiger partial charge in [-0.25, -0.2) is 9.37 Å². The van der Waals surface area contributed by atoms with Crippen LogP contribution in [0.3, 0.4) is 0 Å². The Morgan fingerprint density at radius 3 is 2.56 bits per heavy atom. The predicted molar refractivity (Wildman–Crippen MR) is 128 cm³/mol. The number of hydrogen-bond acceptors (Lipinski definition) is 6. The molecule has 8 heteroatoms. The van der Waals surface area contributed by atoms with Crippen molar-refractivity contribution in [2.75, 3.05) is 4.90 Å². The van der Waals surface area contributed by atoms with Crippen molar-refractivity contribution >= 4 is 44.1 Å². The second-order valence-corrected chi connectivity index (χ2v) is 8.93. The van der Waals surface area contributed by atoms with Crippen LogP contribution in [0.5, 0.6) is 5.75 Å². The highest BCUT2D eigenvalue weighted by molar-refractivity contribution is 7.22. The van der Waals surface area contributed by atoms with Gasteiger partial charge in [0.2, 0.25) is 0 Å². The lowest BCUT2D eigenvalue weighted by Crippen LogP contribution is -2.29. The summed E-state index contributed by atoms with van der Waals surface area (Å²) in [5, 5.41) is 21.4. The van der Waals surface area contributed by atoms with Gasteiger partial charge in [0, 0.05) is 5.56 Å². The lowest BCUT2D eigenvalue weighted by atomic mass is 9.95. The Morgan fingerprint density at radius 2 is 1.85 bits per heavy atom. The van der Waals surface area contributed by atoms with E-state index in [1.165, 1.54) is 40.5 Å². The number of phenols is 1. The normalized spacial score (nSPS) is 17.6. The van der Waals surface area contributed by atoms with Gasteiger partial charge >= 0.3 is 5.91 Å². The number of aliphatic hydroxyl groups is 1. The summed E-state index contributed by atoms with van der Waals surface area (Å²) in [7, 11) is 0. The Hall–Kier alpha value is -4.04. The largest absolute Gasteiger partial charge is 0.508 e. The number of aromatic nitrogens is 1. The summed E-state index contributed by atoms with van der Waals surface area (Å²) >= 11 is 1.27. The Morgan fingerprint density at radius 1 is 1.09 bits per heavy atom. The zero-order valence-electron chi connectivity index (χ0n) is 18.0. The van der Waals surface area contributed by atoms with Gasteiger partial charge in [-0.2, -0.15) is 0 Å². The van der Waals surface area contributed by atoms with Crippen molar-refractivity contribution in [2.45, 2.75) is 19.4 Å². The molecule has 0 unspecified atom stereocenters. The lowest BCUT2D eigenvalue weighted by molar-refractivity contribution is -0.132. The molecule has 1 amide bonds. The molecule has 1 fully saturated rings. The molecule has 34 heavy (non-hydrogen) atoms. The zero-order chi connectivity index (χ0) is 24.0. The number of benzene rings is 3. The van der Waals surface area contributed by atoms with E-state index in [2.05, 4.69) is 4.98 Å². The monoisotopic (exact) mass is 474 g/mol. The molecule has 0 saturated carbocycles. The molecule has 1 aromatic heterocycles. The molecule has 0 aliphatic carbocycles. The summed E-state index contributed by atoms with van der Waals surface area (Å²) in [4.78, 5) is 32.3. The van der Waals surface area contributed by atoms with E-state index in [0.717, 1.165) is 28.8 Å². The number of carbonyl (C=O) groups is 2. The Bertz CT molecular complexity index is 1480. The highest BCUT2D eigenvalue weighted by atomic mass is 32.1. The summed E-state index contributed by atoms with van der Waals surface area (Å²) in [6.07, 6.45) is 0.842. The third-order valence-electron chi connectivity index (χ3n) is 5.80. The van der Waals surface area contributed by atoms with Gasteiger partial charge in [-0.1, -0.05) is 36.5 Å². The fourth-order valence-electron chi connectivity index (χ4n) is 4.08. The smallest absolute Gasteiger partial charge is 0.301 e. The number of nitrogens with zero attached hydrogens (tertiary/aromatic N) is 2. The SMILES string of the molecule is CCc1ccc2nc(N3C(=O)C(=O)C(=C(O)c4ccc(F)cc4)[C@@H]3c3cccc(O)c3)sc2c1. The minimum atomic E-state index is -1.02. The fourth-order valence-corrected chi connectivity index (χ4v) is 5.14. The number of fused-ring (bicyclic) bond motifs is 1. The van der Waals surface area contributed by atoms with Gasteiger partial charge in [0.25, 0.3) is 5.78 Å². The van der Waals surface area contributed by atoms with E-state index in [-0.39, 0.29) is 16.9 Å². The van der Waals surface area contributed by atoms with Crippen molar-refractivity contribution in [3.05, 3.63) is 94.8 Å². The topological polar surface area (TPSA) is 90.7 Å². The second kappa shape index (κ2) is 8.39. The van der Waals surface area contributed by atoms with Crippen LogP contribution in [0.15, 0.2) is 72.3 Å². The van der Waals surface area contributed by atoms with E-state index >= 15 is 0 Å². The Labute approximate surface area is 198 Å². The van der Waals surface area contributed by atoms with Gasteiger partial charge in [0.1, 0.15) is 17.3 Å². The molecule has 0 spiro atoms. The number of hydrogen-bond donors (Lipinski definition) is 2. The van der Waals surface area contributed by atoms with Crippen molar-refractivity contribution < 1.29 is 24.2 Å². The molecule has 4 aromatic rings. The van der Waals surface area contributed by atoms with E-state index < -0.39 is 29.3 Å². The van der Waals surface area contributed by atoms with Crippen LogP contribution in [-0.4, -0.2) is 26.9 Å². The molecule has 0 bridgehead atoms. The van der Waals surface area contributed by atoms with Crippen LogP contribution >= 0.6 is 11.3 Å². The van der Waals surface area contributed by atoms with Gasteiger partial charge in [-0.3, -0.25) is 14.5 Å². The van der Waals surface area contributed by atoms with Gasteiger partial charge in [-0.05, 0) is 66.1 Å². The average molecular weight is 475 g/mol. The number of halogens is 1. The number of phenolic OH excluding ortho intramolecular Hbond substituents is 1. The van der Waals surface area contributed by atoms with Crippen LogP contribution in [0.1, 0.15) is 29.7 Å². The third kappa shape index (κ3) is 3.62. The van der Waals surface area contributed by atoms with Crippen LogP contribution in [-0.2, 0) is 16.0 Å². The number of Topliss-reactive ketones (excluding diaryl/α,β-unsaturated/α-hetero) is 1. The average Bonchev–Trinajstić information content (AvgIpc) is 3.36. The first-order chi connectivity index (χ1) is 16.4. The molecule has 5 rings (SSSR count). The number of rotatable bonds is 4. The van der Waals surface area contributed by atoms with E-state index in [1.807, 2.05) is 25.1 Å². The zero-order valence-corrected chi connectivity index (χ0v) is 18.8. The van der Waals surface area contributed by atoms with Crippen molar-refractivity contribution in [1.29, 1.82) is 0 Å². The van der Waals surface area contributed by atoms with Crippen molar-refractivity contribution in [3.8, 4) is 5.75 Å². The summed E-state index contributed by atoms with van der Waals surface area (Å²) in [5.41, 5.74) is 2.27. The maximum Gasteiger partial charge on any atom is 0.301 e. The summed E-state index contributed by atoms with van der Waals surface area (Å²) < 4.78 is 14.3. The summed E-state index contributed by atoms with van der Waals surface area (Å²) in [6.45, 7) is 2.04. The standard InChI is InChI=1S/C26H19FN2O4S/c1-2-14-6-11-19-20(12-14)34-26(28-19)29-22(16-4-3-5-18(30)13-16)21(24(32)25(29)33)23(31)15-7-9-17(27)10-8-15/h3-13,22,30-31H,2H2,1H3/t22-/m0/s1. The number of amides is 1. The molecule has 6 nitrogen and oxygen atoms in total. The van der Waals surface area contributed by atoms with Gasteiger partial charge in [0.05, 0.1) is 21.8 Å². The highest BCUT2D eigenvalue weighted by Gasteiger charge is 2.48. The van der Waals surface area contributed by atoms with Crippen LogP contribution in [0.4, 0.5) is 9.52 Å². The van der Waals surface area contributed by atoms with E-state index in [1.54, 1.807) is 12.1 Å². The molecule has 1 saturated heterocycles. The Balaban J connectivity index is 1.72. The number of aliphatic hydroxyl groups excluding tert-OH is 1. The van der Waals surface area contributed by atoms with Gasteiger partial charge in [0.15, 0.2) is 5.13 Å². The summed E-state index contributed by atoms with van der Waals surface area (Å²) in [5.74, 6) is -2.71. The number of carbonyl (C=O) groups excluding carboxylic acids is 2. The molecule has 1 aliphatic rings. The van der Waals surface area contributed by atoms with E-state index in [9.17, 15) is 24.2 Å². The predicted octanol–water partition coefficient (Wildman–Crippen LogP) is 5.33. The maximum atomic E-state index is 13.4. The molecule has 3 aromatic carbocycles. The highest BCUT2D eigenvalue weighted by Crippen LogP contribution is 2.44. The van der Waals surface area contributed by atoms with E-state index in [0.29, 0.717) is 16.2 Å².